The van der Waals surface area contributed by atoms with E-state index >= 15 is 0 Å². The molecule has 2 amide bonds. The summed E-state index contributed by atoms with van der Waals surface area (Å²) in [6.45, 7) is 8.26. The van der Waals surface area contributed by atoms with Crippen LogP contribution in [0.25, 0.3) is 11.3 Å². The second kappa shape index (κ2) is 10.7. The largest absolute Gasteiger partial charge is 0.465 e. The van der Waals surface area contributed by atoms with E-state index in [1.54, 1.807) is 50.7 Å². The zero-order valence-electron chi connectivity index (χ0n) is 22.9. The van der Waals surface area contributed by atoms with E-state index in [1.807, 2.05) is 24.3 Å². The Labute approximate surface area is 232 Å². The van der Waals surface area contributed by atoms with Gasteiger partial charge in [-0.05, 0) is 63.8 Å². The number of aliphatic hydroxyl groups excluding tert-OH is 1. The number of imidazole rings is 1. The van der Waals surface area contributed by atoms with E-state index in [2.05, 4.69) is 27.3 Å². The second-order valence-electron chi connectivity index (χ2n) is 11.3. The lowest BCUT2D eigenvalue weighted by molar-refractivity contribution is 0.0521. The standard InChI is InChI=1S/C29H33N5O6/c1-17(35)26-30-11-12-34(26)24(14-31-27(36)39-29(2,3)4)23-13-25(40-32-23)19-8-5-18(6-9-19)7-10-20-21-15-33(28(37)38)16-22(20)21/h5-6,8-9,11-13,17,20-22,24,35H,14-16H2,1-4H3,(H,31,36)(H,37,38)/t17-,20-,21+,22-,24+/m0/s1. The summed E-state index contributed by atoms with van der Waals surface area (Å²) in [5, 5.41) is 26.4. The summed E-state index contributed by atoms with van der Waals surface area (Å²) in [6.07, 6.45) is 1.05. The zero-order valence-corrected chi connectivity index (χ0v) is 22.9. The Bertz CT molecular complexity index is 1430. The number of carbonyl (C=O) groups is 2. The van der Waals surface area contributed by atoms with Gasteiger partial charge in [0, 0.05) is 55.1 Å². The maximum absolute atomic E-state index is 12.4. The van der Waals surface area contributed by atoms with Gasteiger partial charge < -0.3 is 34.3 Å². The molecule has 1 saturated heterocycles. The Morgan fingerprint density at radius 2 is 1.93 bits per heavy atom. The summed E-state index contributed by atoms with van der Waals surface area (Å²) >= 11 is 0. The van der Waals surface area contributed by atoms with Gasteiger partial charge in [0.05, 0.1) is 6.04 Å². The van der Waals surface area contributed by atoms with Gasteiger partial charge in [0.2, 0.25) is 0 Å². The molecule has 0 radical (unpaired) electrons. The van der Waals surface area contributed by atoms with Crippen LogP contribution in [0.3, 0.4) is 0 Å². The number of carbonyl (C=O) groups excluding carboxylic acids is 1. The lowest BCUT2D eigenvalue weighted by atomic mass is 10.1. The van der Waals surface area contributed by atoms with E-state index in [4.69, 9.17) is 14.4 Å². The molecule has 1 aliphatic carbocycles. The predicted molar refractivity (Wildman–Crippen MR) is 144 cm³/mol. The molecular formula is C29H33N5O6. The molecule has 2 aromatic heterocycles. The van der Waals surface area contributed by atoms with Crippen molar-refractivity contribution in [1.82, 2.24) is 24.9 Å². The molecule has 0 bridgehead atoms. The highest BCUT2D eigenvalue weighted by Gasteiger charge is 2.56. The molecule has 2 aliphatic rings. The Kier molecular flexibility index (Phi) is 7.29. The molecule has 1 aliphatic heterocycles. The number of aromatic nitrogens is 3. The molecule has 2 fully saturated rings. The normalized spacial score (nSPS) is 21.1. The third-order valence-electron chi connectivity index (χ3n) is 7.13. The molecule has 3 heterocycles. The summed E-state index contributed by atoms with van der Waals surface area (Å²) in [5.74, 6) is 8.43. The molecule has 11 heteroatoms. The molecule has 0 unspecified atom stereocenters. The quantitative estimate of drug-likeness (QED) is 0.394. The highest BCUT2D eigenvalue weighted by atomic mass is 16.6. The van der Waals surface area contributed by atoms with Crippen molar-refractivity contribution in [2.75, 3.05) is 19.6 Å². The van der Waals surface area contributed by atoms with Crippen LogP contribution in [0.4, 0.5) is 9.59 Å². The smallest absolute Gasteiger partial charge is 0.407 e. The number of rotatable bonds is 6. The van der Waals surface area contributed by atoms with Crippen molar-refractivity contribution < 1.29 is 29.1 Å². The van der Waals surface area contributed by atoms with Gasteiger partial charge in [-0.25, -0.2) is 14.6 Å². The van der Waals surface area contributed by atoms with Crippen molar-refractivity contribution in [2.45, 2.75) is 45.4 Å². The van der Waals surface area contributed by atoms with Gasteiger partial charge in [-0.3, -0.25) is 0 Å². The number of aliphatic hydroxyl groups is 1. The minimum Gasteiger partial charge on any atom is -0.465 e. The second-order valence-corrected chi connectivity index (χ2v) is 11.3. The molecule has 210 valence electrons. The number of alkyl carbamates (subject to hydrolysis) is 1. The first-order chi connectivity index (χ1) is 19.0. The molecule has 3 N–H and O–H groups in total. The number of likely N-dealkylation sites (tertiary alicyclic amines) is 1. The fourth-order valence-corrected chi connectivity index (χ4v) is 5.11. The molecule has 40 heavy (non-hydrogen) atoms. The number of benzene rings is 1. The van der Waals surface area contributed by atoms with Crippen molar-refractivity contribution in [3.05, 3.63) is 59.8 Å². The van der Waals surface area contributed by atoms with Gasteiger partial charge in [0.1, 0.15) is 23.2 Å². The molecule has 5 atom stereocenters. The lowest BCUT2D eigenvalue weighted by Gasteiger charge is -2.23. The summed E-state index contributed by atoms with van der Waals surface area (Å²) in [4.78, 5) is 29.2. The summed E-state index contributed by atoms with van der Waals surface area (Å²) in [6, 6.07) is 8.93. The molecule has 1 aromatic carbocycles. The fourth-order valence-electron chi connectivity index (χ4n) is 5.11. The first kappa shape index (κ1) is 27.3. The van der Waals surface area contributed by atoms with Gasteiger partial charge in [0.15, 0.2) is 5.76 Å². The van der Waals surface area contributed by atoms with Gasteiger partial charge in [0.25, 0.3) is 0 Å². The van der Waals surface area contributed by atoms with Crippen LogP contribution in [-0.4, -0.2) is 67.2 Å². The summed E-state index contributed by atoms with van der Waals surface area (Å²) in [5.41, 5.74) is 1.58. The van der Waals surface area contributed by atoms with Crippen molar-refractivity contribution >= 4 is 12.2 Å². The van der Waals surface area contributed by atoms with Gasteiger partial charge in [-0.15, -0.1) is 0 Å². The minimum atomic E-state index is -0.857. The number of carboxylic acid groups (broad SMARTS) is 1. The van der Waals surface area contributed by atoms with Crippen LogP contribution in [0.2, 0.25) is 0 Å². The summed E-state index contributed by atoms with van der Waals surface area (Å²) in [7, 11) is 0. The van der Waals surface area contributed by atoms with Gasteiger partial charge in [-0.1, -0.05) is 17.0 Å². The van der Waals surface area contributed by atoms with Crippen LogP contribution in [0.1, 0.15) is 56.9 Å². The molecule has 1 saturated carbocycles. The highest BCUT2D eigenvalue weighted by Crippen LogP contribution is 2.51. The van der Waals surface area contributed by atoms with Crippen LogP contribution in [-0.2, 0) is 4.74 Å². The van der Waals surface area contributed by atoms with Gasteiger partial charge >= 0.3 is 12.2 Å². The molecule has 0 spiro atoms. The van der Waals surface area contributed by atoms with Crippen molar-refractivity contribution in [3.8, 4) is 23.2 Å². The Balaban J connectivity index is 1.29. The summed E-state index contributed by atoms with van der Waals surface area (Å²) < 4.78 is 12.8. The average molecular weight is 548 g/mol. The van der Waals surface area contributed by atoms with E-state index < -0.39 is 29.9 Å². The van der Waals surface area contributed by atoms with Crippen LogP contribution >= 0.6 is 0 Å². The maximum Gasteiger partial charge on any atom is 0.407 e. The SMILES string of the molecule is C[C@H](O)c1nccn1[C@H](CNC(=O)OC(C)(C)C)c1cc(-c2ccc(C#C[C@H]3[C@H]4CN(C(=O)O)C[C@@H]34)cc2)on1. The van der Waals surface area contributed by atoms with E-state index in [0.29, 0.717) is 42.2 Å². The lowest BCUT2D eigenvalue weighted by Crippen LogP contribution is -2.36. The van der Waals surface area contributed by atoms with Crippen LogP contribution in [0.15, 0.2) is 47.2 Å². The molecule has 3 aromatic rings. The average Bonchev–Trinajstić information content (AvgIpc) is 3.40. The topological polar surface area (TPSA) is 143 Å². The number of piperidine rings is 1. The maximum atomic E-state index is 12.4. The van der Waals surface area contributed by atoms with E-state index in [1.165, 1.54) is 4.90 Å². The third-order valence-corrected chi connectivity index (χ3v) is 7.13. The van der Waals surface area contributed by atoms with Crippen molar-refractivity contribution in [3.63, 3.8) is 0 Å². The third kappa shape index (κ3) is 5.97. The van der Waals surface area contributed by atoms with Crippen LogP contribution in [0, 0.1) is 29.6 Å². The van der Waals surface area contributed by atoms with Crippen molar-refractivity contribution in [1.29, 1.82) is 0 Å². The van der Waals surface area contributed by atoms with Crippen LogP contribution in [0.5, 0.6) is 0 Å². The van der Waals surface area contributed by atoms with Crippen molar-refractivity contribution in [2.24, 2.45) is 17.8 Å². The van der Waals surface area contributed by atoms with Gasteiger partial charge in [-0.2, -0.15) is 0 Å². The number of nitrogens with zero attached hydrogens (tertiary/aromatic N) is 4. The van der Waals surface area contributed by atoms with E-state index in [9.17, 15) is 14.7 Å². The van der Waals surface area contributed by atoms with E-state index in [-0.39, 0.29) is 12.5 Å². The first-order valence-electron chi connectivity index (χ1n) is 13.2. The number of fused-ring (bicyclic) bond motifs is 1. The number of hydrogen-bond donors (Lipinski definition) is 3. The fraction of sp³-hybridized carbons (Fsp3) is 0.448. The number of amides is 2. The Morgan fingerprint density at radius 1 is 1.23 bits per heavy atom. The Morgan fingerprint density at radius 3 is 2.55 bits per heavy atom. The first-order valence-corrected chi connectivity index (χ1v) is 13.2. The number of ether oxygens (including phenoxy) is 1. The predicted octanol–water partition coefficient (Wildman–Crippen LogP) is 3.91. The number of nitrogens with one attached hydrogen (secondary N) is 1. The minimum absolute atomic E-state index is 0.138. The molecule has 5 rings (SSSR count). The molecular weight excluding hydrogens is 514 g/mol. The number of hydrogen-bond acceptors (Lipinski definition) is 7. The van der Waals surface area contributed by atoms with Crippen LogP contribution < -0.4 is 5.32 Å². The highest BCUT2D eigenvalue weighted by molar-refractivity contribution is 5.68. The molecule has 11 nitrogen and oxygen atoms in total. The van der Waals surface area contributed by atoms with E-state index in [0.717, 1.165) is 11.1 Å². The Hall–Kier alpha value is -4.30. The zero-order chi connectivity index (χ0) is 28.6. The monoisotopic (exact) mass is 547 g/mol.